The summed E-state index contributed by atoms with van der Waals surface area (Å²) in [5, 5.41) is 3.18. The molecule has 0 atom stereocenters. The molecule has 0 radical (unpaired) electrons. The number of thiazole rings is 1. The van der Waals surface area contributed by atoms with Gasteiger partial charge in [0.1, 0.15) is 10.5 Å². The number of rotatable bonds is 6. The lowest BCUT2D eigenvalue weighted by Gasteiger charge is -2.48. The van der Waals surface area contributed by atoms with Crippen LogP contribution in [0.4, 0.5) is 5.69 Å². The van der Waals surface area contributed by atoms with Gasteiger partial charge >= 0.3 is 0 Å². The van der Waals surface area contributed by atoms with Crippen LogP contribution in [0.2, 0.25) is 0 Å². The van der Waals surface area contributed by atoms with Gasteiger partial charge in [-0.15, -0.1) is 11.3 Å². The van der Waals surface area contributed by atoms with Crippen molar-refractivity contribution in [2.24, 2.45) is 0 Å². The van der Waals surface area contributed by atoms with Crippen LogP contribution in [0.25, 0.3) is 0 Å². The first-order chi connectivity index (χ1) is 15.0. The first-order valence-electron chi connectivity index (χ1n) is 11.1. The third-order valence-electron chi connectivity index (χ3n) is 6.29. The van der Waals surface area contributed by atoms with Crippen molar-refractivity contribution in [2.45, 2.75) is 52.1 Å². The maximum atomic E-state index is 13.4. The fourth-order valence-corrected chi connectivity index (χ4v) is 5.65. The van der Waals surface area contributed by atoms with E-state index in [1.807, 2.05) is 26.0 Å². The fourth-order valence-electron chi connectivity index (χ4n) is 4.60. The van der Waals surface area contributed by atoms with Gasteiger partial charge < -0.3 is 0 Å². The van der Waals surface area contributed by atoms with Gasteiger partial charge in [-0.3, -0.25) is 14.6 Å². The van der Waals surface area contributed by atoms with Gasteiger partial charge in [-0.2, -0.15) is 0 Å². The van der Waals surface area contributed by atoms with Crippen molar-refractivity contribution in [3.05, 3.63) is 81.8 Å². The summed E-state index contributed by atoms with van der Waals surface area (Å²) in [6, 6.07) is 18.9. The second-order valence-corrected chi connectivity index (χ2v) is 9.31. The monoisotopic (exact) mass is 433 g/mol. The molecule has 162 valence electrons. The summed E-state index contributed by atoms with van der Waals surface area (Å²) >= 11 is 1.69. The molecular weight excluding hydrogens is 402 g/mol. The van der Waals surface area contributed by atoms with Gasteiger partial charge in [0.2, 0.25) is 5.91 Å². The third-order valence-corrected chi connectivity index (χ3v) is 7.44. The van der Waals surface area contributed by atoms with E-state index in [4.69, 9.17) is 4.98 Å². The van der Waals surface area contributed by atoms with Crippen molar-refractivity contribution in [3.63, 3.8) is 0 Å². The van der Waals surface area contributed by atoms with Crippen molar-refractivity contribution in [2.75, 3.05) is 18.0 Å². The molecule has 1 fully saturated rings. The Morgan fingerprint density at radius 1 is 1.06 bits per heavy atom. The Kier molecular flexibility index (Phi) is 6.54. The smallest absolute Gasteiger partial charge is 0.227 e. The Bertz CT molecular complexity index is 1020. The highest BCUT2D eigenvalue weighted by atomic mass is 32.1. The van der Waals surface area contributed by atoms with Crippen LogP contribution in [0.15, 0.2) is 60.0 Å². The zero-order valence-electron chi connectivity index (χ0n) is 18.7. The summed E-state index contributed by atoms with van der Waals surface area (Å²) < 4.78 is 0. The van der Waals surface area contributed by atoms with E-state index in [9.17, 15) is 4.79 Å². The van der Waals surface area contributed by atoms with E-state index in [0.717, 1.165) is 54.4 Å². The van der Waals surface area contributed by atoms with Crippen molar-refractivity contribution < 1.29 is 4.79 Å². The van der Waals surface area contributed by atoms with Crippen molar-refractivity contribution in [3.8, 4) is 0 Å². The van der Waals surface area contributed by atoms with Crippen LogP contribution in [0.3, 0.4) is 0 Å². The topological polar surface area (TPSA) is 36.4 Å². The number of amides is 1. The minimum absolute atomic E-state index is 0.165. The molecule has 1 amide bonds. The van der Waals surface area contributed by atoms with Crippen LogP contribution in [-0.2, 0) is 16.9 Å². The number of likely N-dealkylation sites (tertiary alicyclic amines) is 1. The lowest BCUT2D eigenvalue weighted by molar-refractivity contribution is -0.120. The number of aromatic nitrogens is 1. The van der Waals surface area contributed by atoms with Gasteiger partial charge in [0.15, 0.2) is 0 Å². The van der Waals surface area contributed by atoms with Gasteiger partial charge in [0.05, 0.1) is 0 Å². The quantitative estimate of drug-likeness (QED) is 0.501. The van der Waals surface area contributed by atoms with Crippen molar-refractivity contribution in [1.29, 1.82) is 0 Å². The van der Waals surface area contributed by atoms with E-state index in [1.165, 1.54) is 5.56 Å². The lowest BCUT2D eigenvalue weighted by Crippen LogP contribution is -2.55. The number of para-hydroxylation sites is 1. The number of benzene rings is 2. The molecule has 1 aliphatic heterocycles. The van der Waals surface area contributed by atoms with Gasteiger partial charge in [-0.25, -0.2) is 4.98 Å². The molecule has 0 spiro atoms. The maximum absolute atomic E-state index is 13.4. The van der Waals surface area contributed by atoms with Crippen LogP contribution in [0.5, 0.6) is 0 Å². The number of hydrogen-bond donors (Lipinski definition) is 0. The normalized spacial score (nSPS) is 16.2. The molecule has 5 heteroatoms. The Morgan fingerprint density at radius 3 is 2.35 bits per heavy atom. The highest BCUT2D eigenvalue weighted by molar-refractivity contribution is 7.09. The summed E-state index contributed by atoms with van der Waals surface area (Å²) in [6.07, 6.45) is 2.24. The molecule has 31 heavy (non-hydrogen) atoms. The summed E-state index contributed by atoms with van der Waals surface area (Å²) in [6.45, 7) is 8.91. The van der Waals surface area contributed by atoms with E-state index in [2.05, 4.69) is 64.6 Å². The summed E-state index contributed by atoms with van der Waals surface area (Å²) in [5.74, 6) is 0.165. The molecule has 0 aliphatic carbocycles. The van der Waals surface area contributed by atoms with Gasteiger partial charge in [0.25, 0.3) is 0 Å². The Hall–Kier alpha value is -2.50. The van der Waals surface area contributed by atoms with E-state index in [0.29, 0.717) is 6.42 Å². The summed E-state index contributed by atoms with van der Waals surface area (Å²) in [4.78, 5) is 22.9. The van der Waals surface area contributed by atoms with Crippen LogP contribution in [0, 0.1) is 13.8 Å². The molecule has 3 aromatic rings. The molecule has 4 rings (SSSR count). The molecule has 0 bridgehead atoms. The minimum atomic E-state index is -0.397. The Balaban J connectivity index is 1.70. The average molecular weight is 434 g/mol. The maximum Gasteiger partial charge on any atom is 0.227 e. The number of carbonyl (C=O) groups is 1. The average Bonchev–Trinajstić information content (AvgIpc) is 3.24. The Labute approximate surface area is 189 Å². The van der Waals surface area contributed by atoms with E-state index < -0.39 is 5.54 Å². The first-order valence-corrected chi connectivity index (χ1v) is 12.0. The molecule has 2 heterocycles. The molecule has 0 unspecified atom stereocenters. The highest BCUT2D eigenvalue weighted by Crippen LogP contribution is 2.44. The van der Waals surface area contributed by atoms with E-state index >= 15 is 0 Å². The van der Waals surface area contributed by atoms with Gasteiger partial charge in [-0.05, 0) is 43.9 Å². The standard InChI is InChI=1S/C26H31N3OS/c1-4-24(30)29(23-13-9-8-10-20(23)2)26(25-27-21(3)19-31-25)14-16-28(17-15-26)18-22-11-6-5-7-12-22/h5-13,19H,4,14-18H2,1-3H3. The number of nitrogens with zero attached hydrogens (tertiary/aromatic N) is 3. The van der Waals surface area contributed by atoms with Crippen LogP contribution < -0.4 is 4.90 Å². The first kappa shape index (κ1) is 21.7. The minimum Gasteiger partial charge on any atom is -0.299 e. The zero-order chi connectivity index (χ0) is 21.8. The molecule has 0 saturated carbocycles. The lowest BCUT2D eigenvalue weighted by atomic mass is 9.84. The predicted molar refractivity (Wildman–Crippen MR) is 128 cm³/mol. The van der Waals surface area contributed by atoms with Crippen LogP contribution in [-0.4, -0.2) is 28.9 Å². The molecule has 0 N–H and O–H groups in total. The van der Waals surface area contributed by atoms with E-state index in [1.54, 1.807) is 11.3 Å². The van der Waals surface area contributed by atoms with Crippen molar-refractivity contribution >= 4 is 22.9 Å². The molecule has 1 aliphatic rings. The second kappa shape index (κ2) is 9.33. The number of carbonyl (C=O) groups excluding carboxylic acids is 1. The zero-order valence-corrected chi connectivity index (χ0v) is 19.5. The second-order valence-electron chi connectivity index (χ2n) is 8.46. The fraction of sp³-hybridized carbons (Fsp3) is 0.385. The third kappa shape index (κ3) is 4.43. The molecule has 1 aromatic heterocycles. The summed E-state index contributed by atoms with van der Waals surface area (Å²) in [5.41, 5.74) is 4.10. The predicted octanol–water partition coefficient (Wildman–Crippen LogP) is 5.69. The summed E-state index contributed by atoms with van der Waals surface area (Å²) in [7, 11) is 0. The van der Waals surface area contributed by atoms with Gasteiger partial charge in [0, 0.05) is 42.8 Å². The SMILES string of the molecule is CCC(=O)N(c1ccccc1C)C1(c2nc(C)cs2)CCN(Cc2ccccc2)CC1. The van der Waals surface area contributed by atoms with Crippen LogP contribution >= 0.6 is 11.3 Å². The van der Waals surface area contributed by atoms with Crippen LogP contribution in [0.1, 0.15) is 48.0 Å². The number of hydrogen-bond acceptors (Lipinski definition) is 4. The molecule has 4 nitrogen and oxygen atoms in total. The largest absolute Gasteiger partial charge is 0.299 e. The molecule has 2 aromatic carbocycles. The Morgan fingerprint density at radius 2 is 1.74 bits per heavy atom. The number of aryl methyl sites for hydroxylation is 2. The van der Waals surface area contributed by atoms with Gasteiger partial charge in [-0.1, -0.05) is 55.5 Å². The van der Waals surface area contributed by atoms with E-state index in [-0.39, 0.29) is 5.91 Å². The number of anilines is 1. The van der Waals surface area contributed by atoms with Crippen molar-refractivity contribution in [1.82, 2.24) is 9.88 Å². The molecular formula is C26H31N3OS. The molecule has 1 saturated heterocycles. The number of piperidine rings is 1. The highest BCUT2D eigenvalue weighted by Gasteiger charge is 2.46.